The predicted molar refractivity (Wildman–Crippen MR) is 95.8 cm³/mol. The first-order chi connectivity index (χ1) is 11.2. The van der Waals surface area contributed by atoms with Crippen LogP contribution in [0.1, 0.15) is 36.8 Å². The van der Waals surface area contributed by atoms with E-state index in [0.717, 1.165) is 36.6 Å². The van der Waals surface area contributed by atoms with E-state index in [4.69, 9.17) is 0 Å². The molecule has 1 saturated heterocycles. The fraction of sp³-hybridized carbons (Fsp3) is 0.556. The molecular weight excluding hydrogens is 326 g/mol. The summed E-state index contributed by atoms with van der Waals surface area (Å²) >= 11 is 0. The van der Waals surface area contributed by atoms with E-state index in [-0.39, 0.29) is 24.2 Å². The zero-order valence-corrected chi connectivity index (χ0v) is 14.7. The molecule has 1 saturated carbocycles. The van der Waals surface area contributed by atoms with Gasteiger partial charge in [-0.3, -0.25) is 9.59 Å². The van der Waals surface area contributed by atoms with Crippen LogP contribution in [0, 0.1) is 5.92 Å². The van der Waals surface area contributed by atoms with Gasteiger partial charge >= 0.3 is 0 Å². The molecule has 1 aromatic carbocycles. The average molecular weight is 352 g/mol. The van der Waals surface area contributed by atoms with Crippen molar-refractivity contribution >= 4 is 24.2 Å². The molecule has 2 aliphatic rings. The molecule has 1 aliphatic heterocycles. The van der Waals surface area contributed by atoms with E-state index in [1.807, 2.05) is 29.2 Å². The molecule has 2 N–H and O–H groups in total. The first-order valence-corrected chi connectivity index (χ1v) is 8.54. The van der Waals surface area contributed by atoms with Gasteiger partial charge in [-0.25, -0.2) is 0 Å². The Labute approximate surface area is 149 Å². The molecule has 5 nitrogen and oxygen atoms in total. The lowest BCUT2D eigenvalue weighted by Crippen LogP contribution is -2.34. The van der Waals surface area contributed by atoms with Crippen LogP contribution in [0.5, 0.6) is 0 Å². The van der Waals surface area contributed by atoms with Crippen molar-refractivity contribution in [2.45, 2.75) is 38.8 Å². The van der Waals surface area contributed by atoms with E-state index in [0.29, 0.717) is 26.1 Å². The van der Waals surface area contributed by atoms with Crippen molar-refractivity contribution in [1.29, 1.82) is 0 Å². The number of halogens is 1. The van der Waals surface area contributed by atoms with Crippen molar-refractivity contribution in [1.82, 2.24) is 15.5 Å². The van der Waals surface area contributed by atoms with Gasteiger partial charge < -0.3 is 15.5 Å². The number of carbonyl (C=O) groups excluding carboxylic acids is 2. The minimum absolute atomic E-state index is 0. The van der Waals surface area contributed by atoms with Gasteiger partial charge in [-0.1, -0.05) is 24.3 Å². The van der Waals surface area contributed by atoms with Crippen LogP contribution in [0.2, 0.25) is 0 Å². The molecule has 1 aromatic rings. The van der Waals surface area contributed by atoms with Crippen molar-refractivity contribution in [3.05, 3.63) is 35.4 Å². The number of benzene rings is 1. The zero-order valence-electron chi connectivity index (χ0n) is 13.9. The van der Waals surface area contributed by atoms with Crippen molar-refractivity contribution in [2.24, 2.45) is 5.92 Å². The first-order valence-electron chi connectivity index (χ1n) is 8.54. The van der Waals surface area contributed by atoms with Crippen LogP contribution in [0.4, 0.5) is 0 Å². The van der Waals surface area contributed by atoms with Crippen molar-refractivity contribution in [3.63, 3.8) is 0 Å². The Morgan fingerprint density at radius 2 is 1.96 bits per heavy atom. The quantitative estimate of drug-likeness (QED) is 0.751. The minimum Gasteiger partial charge on any atom is -0.351 e. The number of nitrogens with one attached hydrogen (secondary N) is 2. The first kappa shape index (κ1) is 18.7. The maximum absolute atomic E-state index is 11.9. The number of hydrogen-bond donors (Lipinski definition) is 2. The summed E-state index contributed by atoms with van der Waals surface area (Å²) in [5.41, 5.74) is 2.21. The Morgan fingerprint density at radius 1 is 1.21 bits per heavy atom. The standard InChI is InChI=1S/C18H25N3O2.ClH/c22-17(12-19-10-14-7-8-14)20-11-15-4-1-2-5-16(15)13-21-9-3-6-18(21)23;/h1-2,4-5,14,19H,3,6-13H2,(H,20,22);1H. The summed E-state index contributed by atoms with van der Waals surface area (Å²) in [6.45, 7) is 3.32. The van der Waals surface area contributed by atoms with Crippen LogP contribution in [-0.2, 0) is 22.7 Å². The Kier molecular flexibility index (Phi) is 7.06. The maximum Gasteiger partial charge on any atom is 0.234 e. The molecule has 2 fully saturated rings. The third-order valence-electron chi connectivity index (χ3n) is 4.54. The topological polar surface area (TPSA) is 61.4 Å². The number of hydrogen-bond acceptors (Lipinski definition) is 3. The highest BCUT2D eigenvalue weighted by Crippen LogP contribution is 2.27. The second kappa shape index (κ2) is 9.04. The number of nitrogens with zero attached hydrogens (tertiary/aromatic N) is 1. The van der Waals surface area contributed by atoms with Crippen molar-refractivity contribution in [2.75, 3.05) is 19.6 Å². The molecular formula is C18H26ClN3O2. The molecule has 0 spiro atoms. The Bertz CT molecular complexity index is 575. The molecule has 0 radical (unpaired) electrons. The van der Waals surface area contributed by atoms with Gasteiger partial charge in [0.05, 0.1) is 6.54 Å². The Morgan fingerprint density at radius 3 is 2.62 bits per heavy atom. The lowest BCUT2D eigenvalue weighted by atomic mass is 10.1. The summed E-state index contributed by atoms with van der Waals surface area (Å²) in [7, 11) is 0. The van der Waals surface area contributed by atoms with E-state index in [1.165, 1.54) is 12.8 Å². The van der Waals surface area contributed by atoms with Gasteiger partial charge in [0.2, 0.25) is 11.8 Å². The third-order valence-corrected chi connectivity index (χ3v) is 4.54. The van der Waals surface area contributed by atoms with Crippen LogP contribution in [0.3, 0.4) is 0 Å². The van der Waals surface area contributed by atoms with E-state index >= 15 is 0 Å². The summed E-state index contributed by atoms with van der Waals surface area (Å²) in [5.74, 6) is 1.03. The maximum atomic E-state index is 11.9. The largest absolute Gasteiger partial charge is 0.351 e. The highest BCUT2D eigenvalue weighted by molar-refractivity contribution is 5.85. The fourth-order valence-electron chi connectivity index (χ4n) is 2.93. The molecule has 0 unspecified atom stereocenters. The van der Waals surface area contributed by atoms with Gasteiger partial charge in [-0.05, 0) is 42.9 Å². The van der Waals surface area contributed by atoms with Crippen LogP contribution >= 0.6 is 12.4 Å². The normalized spacial score (nSPS) is 16.8. The highest BCUT2D eigenvalue weighted by atomic mass is 35.5. The molecule has 1 aliphatic carbocycles. The van der Waals surface area contributed by atoms with Crippen LogP contribution < -0.4 is 10.6 Å². The summed E-state index contributed by atoms with van der Waals surface area (Å²) in [5, 5.41) is 6.16. The van der Waals surface area contributed by atoms with E-state index in [2.05, 4.69) is 10.6 Å². The monoisotopic (exact) mass is 351 g/mol. The molecule has 24 heavy (non-hydrogen) atoms. The van der Waals surface area contributed by atoms with Crippen LogP contribution in [-0.4, -0.2) is 36.3 Å². The Balaban J connectivity index is 0.00000208. The van der Waals surface area contributed by atoms with Gasteiger partial charge in [0.15, 0.2) is 0 Å². The average Bonchev–Trinajstić information content (AvgIpc) is 3.29. The summed E-state index contributed by atoms with van der Waals surface area (Å²) < 4.78 is 0. The van der Waals surface area contributed by atoms with Crippen LogP contribution in [0.15, 0.2) is 24.3 Å². The van der Waals surface area contributed by atoms with Gasteiger partial charge in [-0.2, -0.15) is 0 Å². The second-order valence-corrected chi connectivity index (χ2v) is 6.54. The molecule has 0 atom stereocenters. The number of amides is 2. The second-order valence-electron chi connectivity index (χ2n) is 6.54. The van der Waals surface area contributed by atoms with E-state index in [1.54, 1.807) is 0 Å². The molecule has 1 heterocycles. The molecule has 2 amide bonds. The van der Waals surface area contributed by atoms with Gasteiger partial charge in [0.25, 0.3) is 0 Å². The van der Waals surface area contributed by atoms with Crippen molar-refractivity contribution < 1.29 is 9.59 Å². The highest BCUT2D eigenvalue weighted by Gasteiger charge is 2.21. The Hall–Kier alpha value is -1.59. The van der Waals surface area contributed by atoms with E-state index in [9.17, 15) is 9.59 Å². The van der Waals surface area contributed by atoms with E-state index < -0.39 is 0 Å². The number of carbonyl (C=O) groups is 2. The lowest BCUT2D eigenvalue weighted by Gasteiger charge is -2.18. The minimum atomic E-state index is 0. The molecule has 3 rings (SSSR count). The molecule has 132 valence electrons. The third kappa shape index (κ3) is 5.49. The lowest BCUT2D eigenvalue weighted by molar-refractivity contribution is -0.128. The zero-order chi connectivity index (χ0) is 16.1. The summed E-state index contributed by atoms with van der Waals surface area (Å²) in [6, 6.07) is 8.02. The number of likely N-dealkylation sites (tertiary alicyclic amines) is 1. The summed E-state index contributed by atoms with van der Waals surface area (Å²) in [6.07, 6.45) is 4.18. The molecule has 0 bridgehead atoms. The summed E-state index contributed by atoms with van der Waals surface area (Å²) in [4.78, 5) is 25.6. The predicted octanol–water partition coefficient (Wildman–Crippen LogP) is 1.85. The van der Waals surface area contributed by atoms with Crippen molar-refractivity contribution in [3.8, 4) is 0 Å². The fourth-order valence-corrected chi connectivity index (χ4v) is 2.93. The smallest absolute Gasteiger partial charge is 0.234 e. The number of rotatable bonds is 8. The van der Waals surface area contributed by atoms with Gasteiger partial charge in [-0.15, -0.1) is 12.4 Å². The van der Waals surface area contributed by atoms with Crippen LogP contribution in [0.25, 0.3) is 0 Å². The molecule has 6 heteroatoms. The SMILES string of the molecule is Cl.O=C(CNCC1CC1)NCc1ccccc1CN1CCCC1=O. The van der Waals surface area contributed by atoms with Gasteiger partial charge in [0.1, 0.15) is 0 Å². The molecule has 0 aromatic heterocycles. The van der Waals surface area contributed by atoms with Gasteiger partial charge in [0, 0.05) is 26.1 Å².